The Hall–Kier alpha value is -2.10. The quantitative estimate of drug-likeness (QED) is 0.790. The Morgan fingerprint density at radius 1 is 0.960 bits per heavy atom. The summed E-state index contributed by atoms with van der Waals surface area (Å²) in [6.07, 6.45) is 7.91. The molecule has 0 spiro atoms. The van der Waals surface area contributed by atoms with Crippen LogP contribution in [0.4, 0.5) is 0 Å². The van der Waals surface area contributed by atoms with Gasteiger partial charge in [0, 0.05) is 31.2 Å². The lowest BCUT2D eigenvalue weighted by atomic mass is 9.86. The molecule has 134 valence electrons. The van der Waals surface area contributed by atoms with E-state index in [1.807, 2.05) is 35.2 Å². The predicted octanol–water partition coefficient (Wildman–Crippen LogP) is 3.50. The maximum atomic E-state index is 13.1. The number of benzene rings is 1. The molecule has 0 bridgehead atoms. The van der Waals surface area contributed by atoms with Crippen LogP contribution in [0.25, 0.3) is 0 Å². The van der Waals surface area contributed by atoms with Gasteiger partial charge in [-0.25, -0.2) is 0 Å². The van der Waals surface area contributed by atoms with Crippen LogP contribution in [0.2, 0.25) is 0 Å². The predicted molar refractivity (Wildman–Crippen MR) is 99.2 cm³/mol. The van der Waals surface area contributed by atoms with Gasteiger partial charge >= 0.3 is 0 Å². The molecule has 1 unspecified atom stereocenters. The van der Waals surface area contributed by atoms with Gasteiger partial charge in [0.05, 0.1) is 0 Å². The normalized spacial score (nSPS) is 22.3. The number of hydrogen-bond acceptors (Lipinski definition) is 2. The Morgan fingerprint density at radius 3 is 2.36 bits per heavy atom. The molecule has 2 amide bonds. The average Bonchev–Trinajstić information content (AvgIpc) is 2.93. The third kappa shape index (κ3) is 4.12. The van der Waals surface area contributed by atoms with E-state index in [0.717, 1.165) is 50.9 Å². The van der Waals surface area contributed by atoms with E-state index in [0.29, 0.717) is 12.0 Å². The summed E-state index contributed by atoms with van der Waals surface area (Å²) in [5.41, 5.74) is 0.786. The summed E-state index contributed by atoms with van der Waals surface area (Å²) in [6, 6.07) is 9.93. The Bertz CT molecular complexity index is 606. The second-order valence-corrected chi connectivity index (χ2v) is 7.15. The molecule has 0 aliphatic carbocycles. The maximum Gasteiger partial charge on any atom is 0.254 e. The third-order valence-electron chi connectivity index (χ3n) is 5.65. The van der Waals surface area contributed by atoms with Crippen LogP contribution in [0.5, 0.6) is 0 Å². The van der Waals surface area contributed by atoms with E-state index in [-0.39, 0.29) is 11.8 Å². The van der Waals surface area contributed by atoms with Gasteiger partial charge in [-0.05, 0) is 49.8 Å². The average molecular weight is 340 g/mol. The Kier molecular flexibility index (Phi) is 5.90. The van der Waals surface area contributed by atoms with Gasteiger partial charge in [0.1, 0.15) is 0 Å². The van der Waals surface area contributed by atoms with Gasteiger partial charge in [0.25, 0.3) is 5.91 Å². The molecule has 1 aromatic rings. The molecular weight excluding hydrogens is 312 g/mol. The van der Waals surface area contributed by atoms with Crippen molar-refractivity contribution < 1.29 is 9.59 Å². The molecule has 1 atom stereocenters. The van der Waals surface area contributed by atoms with E-state index in [9.17, 15) is 9.59 Å². The number of amides is 2. The van der Waals surface area contributed by atoms with E-state index < -0.39 is 0 Å². The molecule has 1 aromatic carbocycles. The van der Waals surface area contributed by atoms with Crippen molar-refractivity contribution in [2.24, 2.45) is 5.92 Å². The van der Waals surface area contributed by atoms with E-state index in [2.05, 4.69) is 11.5 Å². The topological polar surface area (TPSA) is 40.6 Å². The summed E-state index contributed by atoms with van der Waals surface area (Å²) in [4.78, 5) is 28.9. The standard InChI is InChI=1S/C21H28N2O2/c1-2-20(24)22-15-12-17(13-16-22)19-11-7-4-8-14-23(19)21(25)18-9-5-3-6-10-18/h2-3,5-6,9-10,17,19H,1,4,7-8,11-16H2. The molecule has 2 heterocycles. The van der Waals surface area contributed by atoms with Crippen LogP contribution in [0, 0.1) is 5.92 Å². The second kappa shape index (κ2) is 8.32. The van der Waals surface area contributed by atoms with Gasteiger partial charge in [0.2, 0.25) is 5.91 Å². The minimum Gasteiger partial charge on any atom is -0.339 e. The monoisotopic (exact) mass is 340 g/mol. The molecule has 4 heteroatoms. The van der Waals surface area contributed by atoms with E-state index in [1.165, 1.54) is 18.9 Å². The lowest BCUT2D eigenvalue weighted by molar-refractivity contribution is -0.127. The number of carbonyl (C=O) groups is 2. The van der Waals surface area contributed by atoms with Gasteiger partial charge in [-0.15, -0.1) is 0 Å². The number of likely N-dealkylation sites (tertiary alicyclic amines) is 2. The molecule has 0 aromatic heterocycles. The maximum absolute atomic E-state index is 13.1. The first-order valence-electron chi connectivity index (χ1n) is 9.48. The summed E-state index contributed by atoms with van der Waals surface area (Å²) in [5, 5.41) is 0. The Labute approximate surface area is 150 Å². The summed E-state index contributed by atoms with van der Waals surface area (Å²) in [7, 11) is 0. The molecule has 2 aliphatic rings. The molecule has 0 radical (unpaired) electrons. The van der Waals surface area contributed by atoms with Crippen LogP contribution in [-0.4, -0.2) is 47.3 Å². The van der Waals surface area contributed by atoms with Crippen LogP contribution in [0.1, 0.15) is 48.9 Å². The van der Waals surface area contributed by atoms with Crippen molar-refractivity contribution in [2.45, 2.75) is 44.6 Å². The van der Waals surface area contributed by atoms with Crippen molar-refractivity contribution in [2.75, 3.05) is 19.6 Å². The highest BCUT2D eigenvalue weighted by atomic mass is 16.2. The smallest absolute Gasteiger partial charge is 0.254 e. The van der Waals surface area contributed by atoms with Crippen molar-refractivity contribution in [3.8, 4) is 0 Å². The molecule has 0 saturated carbocycles. The van der Waals surface area contributed by atoms with Gasteiger partial charge < -0.3 is 9.80 Å². The zero-order valence-electron chi connectivity index (χ0n) is 14.9. The molecule has 0 N–H and O–H groups in total. The number of nitrogens with zero attached hydrogens (tertiary/aromatic N) is 2. The fourth-order valence-electron chi connectivity index (χ4n) is 4.26. The molecule has 2 aliphatic heterocycles. The van der Waals surface area contributed by atoms with Gasteiger partial charge in [-0.2, -0.15) is 0 Å². The van der Waals surface area contributed by atoms with E-state index >= 15 is 0 Å². The lowest BCUT2D eigenvalue weighted by Gasteiger charge is -2.40. The summed E-state index contributed by atoms with van der Waals surface area (Å²) in [5.74, 6) is 0.674. The van der Waals surface area contributed by atoms with Crippen LogP contribution >= 0.6 is 0 Å². The number of hydrogen-bond donors (Lipinski definition) is 0. The Balaban J connectivity index is 1.72. The van der Waals surface area contributed by atoms with Crippen LogP contribution in [0.3, 0.4) is 0 Å². The van der Waals surface area contributed by atoms with E-state index in [4.69, 9.17) is 0 Å². The molecule has 2 fully saturated rings. The van der Waals surface area contributed by atoms with Gasteiger partial charge in [-0.3, -0.25) is 9.59 Å². The number of piperidine rings is 1. The Morgan fingerprint density at radius 2 is 1.68 bits per heavy atom. The zero-order valence-corrected chi connectivity index (χ0v) is 14.9. The van der Waals surface area contributed by atoms with Crippen LogP contribution in [0.15, 0.2) is 43.0 Å². The zero-order chi connectivity index (χ0) is 17.6. The summed E-state index contributed by atoms with van der Waals surface area (Å²) in [6.45, 7) is 5.99. The first-order chi connectivity index (χ1) is 12.2. The van der Waals surface area contributed by atoms with Crippen molar-refractivity contribution in [3.63, 3.8) is 0 Å². The summed E-state index contributed by atoms with van der Waals surface area (Å²) >= 11 is 0. The molecule has 25 heavy (non-hydrogen) atoms. The minimum absolute atomic E-state index is 0.0246. The fraction of sp³-hybridized carbons (Fsp3) is 0.524. The molecule has 3 rings (SSSR count). The van der Waals surface area contributed by atoms with Crippen LogP contribution < -0.4 is 0 Å². The highest BCUT2D eigenvalue weighted by Gasteiger charge is 2.34. The van der Waals surface area contributed by atoms with Crippen molar-refractivity contribution in [1.82, 2.24) is 9.80 Å². The highest BCUT2D eigenvalue weighted by Crippen LogP contribution is 2.31. The molecular formula is C21H28N2O2. The van der Waals surface area contributed by atoms with E-state index in [1.54, 1.807) is 0 Å². The minimum atomic E-state index is 0.0246. The summed E-state index contributed by atoms with van der Waals surface area (Å²) < 4.78 is 0. The lowest BCUT2D eigenvalue weighted by Crippen LogP contribution is -2.48. The second-order valence-electron chi connectivity index (χ2n) is 7.15. The molecule has 4 nitrogen and oxygen atoms in total. The van der Waals surface area contributed by atoms with Crippen molar-refractivity contribution >= 4 is 11.8 Å². The molecule has 2 saturated heterocycles. The number of rotatable bonds is 3. The first kappa shape index (κ1) is 17.7. The third-order valence-corrected chi connectivity index (χ3v) is 5.65. The fourth-order valence-corrected chi connectivity index (χ4v) is 4.26. The first-order valence-corrected chi connectivity index (χ1v) is 9.48. The van der Waals surface area contributed by atoms with Crippen molar-refractivity contribution in [1.29, 1.82) is 0 Å². The van der Waals surface area contributed by atoms with Gasteiger partial charge in [0.15, 0.2) is 0 Å². The SMILES string of the molecule is C=CC(=O)N1CCC(C2CCCCCN2C(=O)c2ccccc2)CC1. The van der Waals surface area contributed by atoms with Gasteiger partial charge in [-0.1, -0.05) is 37.6 Å². The van der Waals surface area contributed by atoms with Crippen molar-refractivity contribution in [3.05, 3.63) is 48.6 Å². The largest absolute Gasteiger partial charge is 0.339 e. The highest BCUT2D eigenvalue weighted by molar-refractivity contribution is 5.94. The number of carbonyl (C=O) groups excluding carboxylic acids is 2. The van der Waals surface area contributed by atoms with Crippen LogP contribution in [-0.2, 0) is 4.79 Å².